The second-order valence-electron chi connectivity index (χ2n) is 9.40. The maximum absolute atomic E-state index is 13.3. The second kappa shape index (κ2) is 9.59. The van der Waals surface area contributed by atoms with Crippen LogP contribution in [-0.4, -0.2) is 43.4 Å². The first-order valence-electron chi connectivity index (χ1n) is 12.3. The van der Waals surface area contributed by atoms with E-state index in [1.165, 1.54) is 23.5 Å². The average Bonchev–Trinajstić information content (AvgIpc) is 3.21. The molecule has 3 aromatic carbocycles. The molecule has 1 aromatic heterocycles. The van der Waals surface area contributed by atoms with Crippen molar-refractivity contribution in [3.63, 3.8) is 0 Å². The topological polar surface area (TPSA) is 80.6 Å². The van der Waals surface area contributed by atoms with Gasteiger partial charge in [-0.3, -0.25) is 4.79 Å². The van der Waals surface area contributed by atoms with E-state index in [9.17, 15) is 13.2 Å². The van der Waals surface area contributed by atoms with E-state index in [0.717, 1.165) is 41.2 Å². The summed E-state index contributed by atoms with van der Waals surface area (Å²) >= 11 is 0. The maximum Gasteiger partial charge on any atom is 0.259 e. The van der Waals surface area contributed by atoms with Crippen LogP contribution in [0.5, 0.6) is 5.75 Å². The maximum atomic E-state index is 13.3. The SMILES string of the molecule is CCn1c2ccccc2c2cc(NC(=O)c3cc(S(=O)(=O)N4CCC(C)CC4)ccc3OC)ccc21. The van der Waals surface area contributed by atoms with E-state index in [-0.39, 0.29) is 10.5 Å². The number of aryl methyl sites for hydroxylation is 1. The largest absolute Gasteiger partial charge is 0.496 e. The molecule has 0 radical (unpaired) electrons. The van der Waals surface area contributed by atoms with Crippen LogP contribution < -0.4 is 10.1 Å². The summed E-state index contributed by atoms with van der Waals surface area (Å²) in [6.07, 6.45) is 1.67. The number of carbonyl (C=O) groups excluding carboxylic acids is 1. The lowest BCUT2D eigenvalue weighted by Crippen LogP contribution is -2.37. The molecule has 1 fully saturated rings. The molecule has 8 heteroatoms. The van der Waals surface area contributed by atoms with Gasteiger partial charge in [-0.15, -0.1) is 0 Å². The molecule has 36 heavy (non-hydrogen) atoms. The zero-order chi connectivity index (χ0) is 25.4. The van der Waals surface area contributed by atoms with Gasteiger partial charge < -0.3 is 14.6 Å². The number of fused-ring (bicyclic) bond motifs is 3. The van der Waals surface area contributed by atoms with Crippen LogP contribution in [0, 0.1) is 5.92 Å². The van der Waals surface area contributed by atoms with Crippen molar-refractivity contribution in [1.82, 2.24) is 8.87 Å². The molecule has 0 aliphatic carbocycles. The van der Waals surface area contributed by atoms with E-state index in [0.29, 0.717) is 30.4 Å². The zero-order valence-electron chi connectivity index (χ0n) is 20.8. The Bertz CT molecular complexity index is 1550. The van der Waals surface area contributed by atoms with Crippen molar-refractivity contribution in [2.75, 3.05) is 25.5 Å². The number of hydrogen-bond donors (Lipinski definition) is 1. The number of benzene rings is 3. The van der Waals surface area contributed by atoms with Gasteiger partial charge in [-0.1, -0.05) is 25.1 Å². The fourth-order valence-electron chi connectivity index (χ4n) is 5.07. The quantitative estimate of drug-likeness (QED) is 0.375. The van der Waals surface area contributed by atoms with Crippen molar-refractivity contribution in [2.24, 2.45) is 5.92 Å². The summed E-state index contributed by atoms with van der Waals surface area (Å²) in [7, 11) is -2.23. The van der Waals surface area contributed by atoms with Gasteiger partial charge in [0.15, 0.2) is 0 Å². The number of hydrogen-bond acceptors (Lipinski definition) is 4. The van der Waals surface area contributed by atoms with E-state index in [1.807, 2.05) is 30.3 Å². The highest BCUT2D eigenvalue weighted by Gasteiger charge is 2.29. The molecule has 1 amide bonds. The Kier molecular flexibility index (Phi) is 6.49. The van der Waals surface area contributed by atoms with Gasteiger partial charge >= 0.3 is 0 Å². The third kappa shape index (κ3) is 4.24. The van der Waals surface area contributed by atoms with Gasteiger partial charge in [0.2, 0.25) is 10.0 Å². The molecule has 5 rings (SSSR count). The number of carbonyl (C=O) groups is 1. The number of piperidine rings is 1. The average molecular weight is 506 g/mol. The van der Waals surface area contributed by atoms with Gasteiger partial charge in [0.25, 0.3) is 5.91 Å². The molecule has 2 heterocycles. The van der Waals surface area contributed by atoms with Crippen molar-refractivity contribution in [2.45, 2.75) is 38.1 Å². The summed E-state index contributed by atoms with van der Waals surface area (Å²) in [4.78, 5) is 13.4. The molecule has 1 N–H and O–H groups in total. The van der Waals surface area contributed by atoms with Crippen LogP contribution in [0.2, 0.25) is 0 Å². The van der Waals surface area contributed by atoms with Crippen molar-refractivity contribution in [1.29, 1.82) is 0 Å². The van der Waals surface area contributed by atoms with Gasteiger partial charge in [-0.25, -0.2) is 8.42 Å². The molecule has 0 spiro atoms. The third-order valence-corrected chi connectivity index (χ3v) is 9.04. The van der Waals surface area contributed by atoms with Crippen LogP contribution in [0.4, 0.5) is 5.69 Å². The fourth-order valence-corrected chi connectivity index (χ4v) is 6.57. The Morgan fingerprint density at radius 3 is 2.44 bits per heavy atom. The van der Waals surface area contributed by atoms with E-state index in [1.54, 1.807) is 6.07 Å². The first kappa shape index (κ1) is 24.3. The Balaban J connectivity index is 1.48. The van der Waals surface area contributed by atoms with E-state index in [4.69, 9.17) is 4.74 Å². The number of anilines is 1. The normalized spacial score (nSPS) is 15.4. The predicted molar refractivity (Wildman–Crippen MR) is 143 cm³/mol. The number of para-hydroxylation sites is 1. The van der Waals surface area contributed by atoms with Crippen molar-refractivity contribution in [3.05, 3.63) is 66.2 Å². The van der Waals surface area contributed by atoms with Gasteiger partial charge in [0.05, 0.1) is 17.6 Å². The summed E-state index contributed by atoms with van der Waals surface area (Å²) in [5, 5.41) is 5.11. The molecule has 0 bridgehead atoms. The monoisotopic (exact) mass is 505 g/mol. The van der Waals surface area contributed by atoms with Crippen molar-refractivity contribution in [3.8, 4) is 5.75 Å². The van der Waals surface area contributed by atoms with Gasteiger partial charge in [-0.05, 0) is 68.1 Å². The number of aromatic nitrogens is 1. The van der Waals surface area contributed by atoms with Gasteiger partial charge in [0.1, 0.15) is 5.75 Å². The summed E-state index contributed by atoms with van der Waals surface area (Å²) in [5.41, 5.74) is 3.05. The minimum atomic E-state index is -3.70. The highest BCUT2D eigenvalue weighted by Crippen LogP contribution is 2.32. The van der Waals surface area contributed by atoms with E-state index >= 15 is 0 Å². The third-order valence-electron chi connectivity index (χ3n) is 7.14. The number of methoxy groups -OCH3 is 1. The van der Waals surface area contributed by atoms with E-state index in [2.05, 4.69) is 35.9 Å². The Labute approximate surface area is 211 Å². The zero-order valence-corrected chi connectivity index (χ0v) is 21.6. The number of amides is 1. The molecule has 4 aromatic rings. The minimum absolute atomic E-state index is 0.101. The van der Waals surface area contributed by atoms with Crippen LogP contribution in [0.25, 0.3) is 21.8 Å². The highest BCUT2D eigenvalue weighted by molar-refractivity contribution is 7.89. The van der Waals surface area contributed by atoms with Crippen LogP contribution in [0.15, 0.2) is 65.6 Å². The molecule has 0 saturated carbocycles. The lowest BCUT2D eigenvalue weighted by atomic mass is 10.0. The lowest BCUT2D eigenvalue weighted by Gasteiger charge is -2.29. The molecule has 1 aliphatic rings. The number of nitrogens with one attached hydrogen (secondary N) is 1. The molecule has 0 unspecified atom stereocenters. The van der Waals surface area contributed by atoms with Crippen LogP contribution >= 0.6 is 0 Å². The van der Waals surface area contributed by atoms with Crippen LogP contribution in [0.1, 0.15) is 37.0 Å². The number of rotatable bonds is 6. The summed E-state index contributed by atoms with van der Waals surface area (Å²) in [6, 6.07) is 18.5. The molecule has 188 valence electrons. The molecular weight excluding hydrogens is 474 g/mol. The number of nitrogens with zero attached hydrogens (tertiary/aromatic N) is 2. The summed E-state index contributed by atoms with van der Waals surface area (Å²) < 4.78 is 35.7. The van der Waals surface area contributed by atoms with Gasteiger partial charge in [0, 0.05) is 47.1 Å². The Hall–Kier alpha value is -3.36. The number of sulfonamides is 1. The first-order chi connectivity index (χ1) is 17.3. The van der Waals surface area contributed by atoms with Crippen molar-refractivity contribution < 1.29 is 17.9 Å². The molecule has 1 saturated heterocycles. The second-order valence-corrected chi connectivity index (χ2v) is 11.3. The molecule has 1 aliphatic heterocycles. The molecule has 0 atom stereocenters. The fraction of sp³-hybridized carbons (Fsp3) is 0.321. The Morgan fingerprint density at radius 2 is 1.72 bits per heavy atom. The Morgan fingerprint density at radius 1 is 1.00 bits per heavy atom. The standard InChI is InChI=1S/C28H31N3O4S/c1-4-31-25-8-6-5-7-22(25)23-17-20(9-11-26(23)31)29-28(32)24-18-21(10-12-27(24)35-3)36(33,34)30-15-13-19(2)14-16-30/h5-12,17-19H,4,13-16H2,1-3H3,(H,29,32). The molecule has 7 nitrogen and oxygen atoms in total. The predicted octanol–water partition coefficient (Wildman–Crippen LogP) is 5.50. The smallest absolute Gasteiger partial charge is 0.259 e. The molecular formula is C28H31N3O4S. The van der Waals surface area contributed by atoms with Gasteiger partial charge in [-0.2, -0.15) is 4.31 Å². The van der Waals surface area contributed by atoms with Crippen molar-refractivity contribution >= 4 is 43.4 Å². The number of ether oxygens (including phenoxy) is 1. The van der Waals surface area contributed by atoms with E-state index < -0.39 is 15.9 Å². The minimum Gasteiger partial charge on any atom is -0.496 e. The first-order valence-corrected chi connectivity index (χ1v) is 13.8. The van der Waals surface area contributed by atoms with Crippen LogP contribution in [0.3, 0.4) is 0 Å². The lowest BCUT2D eigenvalue weighted by molar-refractivity contribution is 0.102. The highest BCUT2D eigenvalue weighted by atomic mass is 32.2. The van der Waals surface area contributed by atoms with Crippen LogP contribution in [-0.2, 0) is 16.6 Å². The summed E-state index contributed by atoms with van der Waals surface area (Å²) in [5.74, 6) is 0.412. The summed E-state index contributed by atoms with van der Waals surface area (Å²) in [6.45, 7) is 6.06.